The number of thioether (sulfide) groups is 1. The van der Waals surface area contributed by atoms with Crippen molar-refractivity contribution in [2.24, 2.45) is 0 Å². The molecule has 0 saturated heterocycles. The van der Waals surface area contributed by atoms with Gasteiger partial charge in [0.25, 0.3) is 0 Å². The first-order chi connectivity index (χ1) is 10.1. The Kier molecular flexibility index (Phi) is 5.85. The van der Waals surface area contributed by atoms with E-state index in [0.717, 1.165) is 30.6 Å². The predicted octanol–water partition coefficient (Wildman–Crippen LogP) is 4.25. The van der Waals surface area contributed by atoms with Crippen LogP contribution >= 0.6 is 11.8 Å². The van der Waals surface area contributed by atoms with Crippen molar-refractivity contribution in [2.75, 3.05) is 0 Å². The second kappa shape index (κ2) is 7.64. The van der Waals surface area contributed by atoms with Crippen LogP contribution < -0.4 is 0 Å². The largest absolute Gasteiger partial charge is 0.462 e. The minimum atomic E-state index is -0.227. The molecule has 0 heterocycles. The van der Waals surface area contributed by atoms with Crippen molar-refractivity contribution in [1.29, 1.82) is 0 Å². The van der Waals surface area contributed by atoms with Crippen LogP contribution in [0.5, 0.6) is 0 Å². The van der Waals surface area contributed by atoms with Gasteiger partial charge in [0.15, 0.2) is 5.78 Å². The fourth-order valence-corrected chi connectivity index (χ4v) is 3.32. The molecule has 1 saturated carbocycles. The third-order valence-corrected chi connectivity index (χ3v) is 4.83. The Hall–Kier alpha value is -1.29. The second-order valence-electron chi connectivity index (χ2n) is 5.54. The van der Waals surface area contributed by atoms with E-state index in [4.69, 9.17) is 4.74 Å². The van der Waals surface area contributed by atoms with Crippen LogP contribution in [0.25, 0.3) is 0 Å². The average molecular weight is 306 g/mol. The summed E-state index contributed by atoms with van der Waals surface area (Å²) in [5, 5.41) is -0.227. The van der Waals surface area contributed by atoms with E-state index in [1.165, 1.54) is 18.2 Å². The molecule has 0 amide bonds. The van der Waals surface area contributed by atoms with Crippen LogP contribution in [0.1, 0.15) is 56.3 Å². The molecule has 0 aromatic heterocycles. The van der Waals surface area contributed by atoms with Crippen LogP contribution in [0.2, 0.25) is 0 Å². The van der Waals surface area contributed by atoms with Crippen molar-refractivity contribution < 1.29 is 14.3 Å². The molecule has 1 aromatic rings. The lowest BCUT2D eigenvalue weighted by atomic mass is 9.98. The molecule has 0 aliphatic heterocycles. The van der Waals surface area contributed by atoms with Crippen LogP contribution in [0, 0.1) is 0 Å². The molecule has 1 atom stereocenters. The molecule has 1 fully saturated rings. The highest BCUT2D eigenvalue weighted by atomic mass is 32.2. The highest BCUT2D eigenvalue weighted by Crippen LogP contribution is 2.26. The molecule has 0 spiro atoms. The number of benzene rings is 1. The van der Waals surface area contributed by atoms with Gasteiger partial charge in [-0.2, -0.15) is 0 Å². The Morgan fingerprint density at radius 3 is 2.33 bits per heavy atom. The maximum absolute atomic E-state index is 12.1. The van der Waals surface area contributed by atoms with Crippen molar-refractivity contribution in [2.45, 2.75) is 62.2 Å². The Balaban J connectivity index is 1.86. The molecule has 3 nitrogen and oxygen atoms in total. The van der Waals surface area contributed by atoms with Crippen LogP contribution in [-0.4, -0.2) is 23.1 Å². The Bertz CT molecular complexity index is 489. The number of carbonyl (C=O) groups is 2. The molecule has 1 unspecified atom stereocenters. The first kappa shape index (κ1) is 16.1. The minimum absolute atomic E-state index is 0.0521. The zero-order chi connectivity index (χ0) is 15.2. The average Bonchev–Trinajstić information content (AvgIpc) is 2.48. The van der Waals surface area contributed by atoms with Crippen molar-refractivity contribution in [3.05, 3.63) is 29.8 Å². The first-order valence-electron chi connectivity index (χ1n) is 7.54. The lowest BCUT2D eigenvalue weighted by Gasteiger charge is -2.23. The quantitative estimate of drug-likeness (QED) is 0.463. The van der Waals surface area contributed by atoms with Crippen molar-refractivity contribution in [1.82, 2.24) is 0 Å². The molecule has 21 heavy (non-hydrogen) atoms. The monoisotopic (exact) mass is 306 g/mol. The van der Waals surface area contributed by atoms with Gasteiger partial charge < -0.3 is 4.74 Å². The molecule has 2 rings (SSSR count). The molecule has 114 valence electrons. The number of hydrogen-bond acceptors (Lipinski definition) is 4. The van der Waals surface area contributed by atoms with Gasteiger partial charge in [-0.15, -0.1) is 11.8 Å². The number of carbonyl (C=O) groups excluding carboxylic acids is 2. The highest BCUT2D eigenvalue weighted by Gasteiger charge is 2.22. The van der Waals surface area contributed by atoms with Gasteiger partial charge in [0.1, 0.15) is 11.4 Å². The summed E-state index contributed by atoms with van der Waals surface area (Å²) in [5.41, 5.74) is 0.691. The summed E-state index contributed by atoms with van der Waals surface area (Å²) < 4.78 is 5.57. The fraction of sp³-hybridized carbons (Fsp3) is 0.529. The summed E-state index contributed by atoms with van der Waals surface area (Å²) in [6, 6.07) is 7.35. The fourth-order valence-electron chi connectivity index (χ4n) is 2.46. The molecule has 1 aliphatic rings. The van der Waals surface area contributed by atoms with E-state index in [0.29, 0.717) is 5.56 Å². The van der Waals surface area contributed by atoms with E-state index in [-0.39, 0.29) is 23.1 Å². The summed E-state index contributed by atoms with van der Waals surface area (Å²) in [7, 11) is 0. The van der Waals surface area contributed by atoms with Crippen molar-refractivity contribution in [3.63, 3.8) is 0 Å². The third-order valence-electron chi connectivity index (χ3n) is 3.74. The van der Waals surface area contributed by atoms with E-state index < -0.39 is 0 Å². The smallest absolute Gasteiger partial charge is 0.319 e. The van der Waals surface area contributed by atoms with E-state index in [1.54, 1.807) is 19.1 Å². The number of rotatable bonds is 5. The Morgan fingerprint density at radius 2 is 1.76 bits per heavy atom. The SMILES string of the molecule is CC(=O)c1ccc(SC(C)C(=O)OC2CCCCC2)cc1. The predicted molar refractivity (Wildman–Crippen MR) is 84.7 cm³/mol. The Morgan fingerprint density at radius 1 is 1.14 bits per heavy atom. The van der Waals surface area contributed by atoms with E-state index in [1.807, 2.05) is 19.1 Å². The van der Waals surface area contributed by atoms with Gasteiger partial charge in [-0.3, -0.25) is 9.59 Å². The van der Waals surface area contributed by atoms with Gasteiger partial charge in [0, 0.05) is 10.5 Å². The topological polar surface area (TPSA) is 43.4 Å². The first-order valence-corrected chi connectivity index (χ1v) is 8.42. The van der Waals surface area contributed by atoms with Gasteiger partial charge in [-0.05, 0) is 51.7 Å². The molecule has 1 aromatic carbocycles. The van der Waals surface area contributed by atoms with Crippen LogP contribution in [0.15, 0.2) is 29.2 Å². The van der Waals surface area contributed by atoms with E-state index in [9.17, 15) is 9.59 Å². The third kappa shape index (κ3) is 4.88. The van der Waals surface area contributed by atoms with Crippen molar-refractivity contribution >= 4 is 23.5 Å². The summed E-state index contributed by atoms with van der Waals surface area (Å²) >= 11 is 1.47. The zero-order valence-corrected chi connectivity index (χ0v) is 13.4. The lowest BCUT2D eigenvalue weighted by Crippen LogP contribution is -2.26. The van der Waals surface area contributed by atoms with Crippen LogP contribution in [0.3, 0.4) is 0 Å². The maximum Gasteiger partial charge on any atom is 0.319 e. The zero-order valence-electron chi connectivity index (χ0n) is 12.6. The van der Waals surface area contributed by atoms with E-state index >= 15 is 0 Å². The normalized spacial score (nSPS) is 17.2. The van der Waals surface area contributed by atoms with Crippen molar-refractivity contribution in [3.8, 4) is 0 Å². The number of ether oxygens (including phenoxy) is 1. The molecule has 1 aliphatic carbocycles. The van der Waals surface area contributed by atoms with Gasteiger partial charge in [-0.25, -0.2) is 0 Å². The molecular weight excluding hydrogens is 284 g/mol. The van der Waals surface area contributed by atoms with E-state index in [2.05, 4.69) is 0 Å². The van der Waals surface area contributed by atoms with Gasteiger partial charge >= 0.3 is 5.97 Å². The summed E-state index contributed by atoms with van der Waals surface area (Å²) in [6.45, 7) is 3.42. The Labute approximate surface area is 130 Å². The van der Waals surface area contributed by atoms with Gasteiger partial charge in [-0.1, -0.05) is 18.6 Å². The maximum atomic E-state index is 12.1. The summed E-state index contributed by atoms with van der Waals surface area (Å²) in [6.07, 6.45) is 5.67. The van der Waals surface area contributed by atoms with Crippen LogP contribution in [0.4, 0.5) is 0 Å². The molecule has 0 radical (unpaired) electrons. The molecular formula is C17H22O3S. The number of Topliss-reactive ketones (excluding diaryl/α,β-unsaturated/α-hetero) is 1. The molecule has 0 N–H and O–H groups in total. The summed E-state index contributed by atoms with van der Waals surface area (Å²) in [4.78, 5) is 24.3. The number of hydrogen-bond donors (Lipinski definition) is 0. The standard InChI is InChI=1S/C17H22O3S/c1-12(18)14-8-10-16(11-9-14)21-13(2)17(19)20-15-6-4-3-5-7-15/h8-11,13,15H,3-7H2,1-2H3. The number of ketones is 1. The van der Waals surface area contributed by atoms with Gasteiger partial charge in [0.05, 0.1) is 0 Å². The van der Waals surface area contributed by atoms with Gasteiger partial charge in [0.2, 0.25) is 0 Å². The molecule has 0 bridgehead atoms. The second-order valence-corrected chi connectivity index (χ2v) is 6.95. The minimum Gasteiger partial charge on any atom is -0.462 e. The molecule has 4 heteroatoms. The summed E-state index contributed by atoms with van der Waals surface area (Å²) in [5.74, 6) is -0.0844. The lowest BCUT2D eigenvalue weighted by molar-refractivity contribution is -0.149. The number of esters is 1. The highest BCUT2D eigenvalue weighted by molar-refractivity contribution is 8.00. The van der Waals surface area contributed by atoms with Crippen LogP contribution in [-0.2, 0) is 9.53 Å².